The molecular formula is C15H19NO3. The van der Waals surface area contributed by atoms with Gasteiger partial charge < -0.3 is 14.1 Å². The summed E-state index contributed by atoms with van der Waals surface area (Å²) >= 11 is 0. The number of furan rings is 1. The second kappa shape index (κ2) is 5.21. The zero-order valence-electron chi connectivity index (χ0n) is 11.1. The predicted octanol–water partition coefficient (Wildman–Crippen LogP) is 2.46. The average molecular weight is 261 g/mol. The molecule has 0 saturated carbocycles. The highest BCUT2D eigenvalue weighted by molar-refractivity contribution is 5.92. The first-order valence-corrected chi connectivity index (χ1v) is 6.84. The molecule has 4 nitrogen and oxygen atoms in total. The molecule has 2 bridgehead atoms. The van der Waals surface area contributed by atoms with Crippen molar-refractivity contribution < 1.29 is 13.9 Å². The van der Waals surface area contributed by atoms with Gasteiger partial charge in [0.25, 0.3) is 0 Å². The monoisotopic (exact) mass is 261 g/mol. The summed E-state index contributed by atoms with van der Waals surface area (Å²) in [5, 5.41) is 0. The highest BCUT2D eigenvalue weighted by Crippen LogP contribution is 2.36. The maximum Gasteiger partial charge on any atom is 0.247 e. The van der Waals surface area contributed by atoms with E-state index in [9.17, 15) is 4.79 Å². The summed E-state index contributed by atoms with van der Waals surface area (Å²) in [5.74, 6) is 0.811. The minimum absolute atomic E-state index is 0.0958. The molecule has 1 aromatic rings. The molecule has 2 saturated heterocycles. The van der Waals surface area contributed by atoms with Crippen molar-refractivity contribution in [2.45, 2.75) is 43.9 Å². The van der Waals surface area contributed by atoms with E-state index in [0.29, 0.717) is 23.9 Å². The van der Waals surface area contributed by atoms with Crippen molar-refractivity contribution in [2.24, 2.45) is 0 Å². The predicted molar refractivity (Wildman–Crippen MR) is 71.4 cm³/mol. The molecule has 0 radical (unpaired) electrons. The van der Waals surface area contributed by atoms with Gasteiger partial charge in [0, 0.05) is 25.3 Å². The maximum atomic E-state index is 12.3. The zero-order valence-corrected chi connectivity index (χ0v) is 11.1. The smallest absolute Gasteiger partial charge is 0.247 e. The van der Waals surface area contributed by atoms with Crippen molar-refractivity contribution in [3.05, 3.63) is 30.2 Å². The molecule has 3 heterocycles. The topological polar surface area (TPSA) is 42.7 Å². The highest BCUT2D eigenvalue weighted by Gasteiger charge is 2.42. The van der Waals surface area contributed by atoms with E-state index in [1.165, 1.54) is 0 Å². The number of hydrogen-bond donors (Lipinski definition) is 0. The average Bonchev–Trinajstić information content (AvgIpc) is 3.02. The van der Waals surface area contributed by atoms with Gasteiger partial charge in [-0.3, -0.25) is 4.79 Å². The summed E-state index contributed by atoms with van der Waals surface area (Å²) in [6, 6.07) is 4.35. The fraction of sp³-hybridized carbons (Fsp3) is 0.533. The fourth-order valence-corrected chi connectivity index (χ4v) is 3.30. The molecule has 0 N–H and O–H groups in total. The molecule has 1 amide bonds. The lowest BCUT2D eigenvalue weighted by molar-refractivity contribution is -0.132. The Balaban J connectivity index is 1.68. The third kappa shape index (κ3) is 2.45. The van der Waals surface area contributed by atoms with E-state index in [-0.39, 0.29) is 5.91 Å². The molecule has 2 aliphatic heterocycles. The van der Waals surface area contributed by atoms with Crippen LogP contribution in [0.2, 0.25) is 0 Å². The Kier molecular flexibility index (Phi) is 3.42. The Morgan fingerprint density at radius 1 is 1.42 bits per heavy atom. The molecule has 0 aliphatic carbocycles. The number of ether oxygens (including phenoxy) is 1. The van der Waals surface area contributed by atoms with Crippen LogP contribution in [-0.4, -0.2) is 36.1 Å². The van der Waals surface area contributed by atoms with E-state index in [1.807, 2.05) is 17.0 Å². The van der Waals surface area contributed by atoms with Gasteiger partial charge in [-0.15, -0.1) is 0 Å². The molecule has 1 aromatic heterocycles. The number of fused-ring (bicyclic) bond motifs is 2. The molecular weight excluding hydrogens is 242 g/mol. The molecule has 2 fully saturated rings. The van der Waals surface area contributed by atoms with Crippen LogP contribution in [0.1, 0.15) is 31.4 Å². The van der Waals surface area contributed by atoms with E-state index in [2.05, 4.69) is 0 Å². The van der Waals surface area contributed by atoms with E-state index in [4.69, 9.17) is 9.15 Å². The standard InChI is InChI=1S/C15H19NO3/c1-18-14-9-11-4-5-12(10-14)16(11)15(17)7-6-13-3-2-8-19-13/h2-3,6-8,11-12,14H,4-5,9-10H2,1H3/b7-6+. The molecule has 19 heavy (non-hydrogen) atoms. The van der Waals surface area contributed by atoms with Crippen LogP contribution in [0.3, 0.4) is 0 Å². The first-order valence-electron chi connectivity index (χ1n) is 6.84. The Labute approximate surface area is 113 Å². The normalized spacial score (nSPS) is 30.2. The maximum absolute atomic E-state index is 12.3. The molecule has 0 spiro atoms. The second-order valence-electron chi connectivity index (χ2n) is 5.31. The first kappa shape index (κ1) is 12.5. The number of amides is 1. The largest absolute Gasteiger partial charge is 0.465 e. The third-order valence-electron chi connectivity index (χ3n) is 4.21. The number of piperidine rings is 1. The van der Waals surface area contributed by atoms with Gasteiger partial charge in [0.05, 0.1) is 12.4 Å². The van der Waals surface area contributed by atoms with Crippen molar-refractivity contribution in [3.63, 3.8) is 0 Å². The fourth-order valence-electron chi connectivity index (χ4n) is 3.30. The summed E-state index contributed by atoms with van der Waals surface area (Å²) in [7, 11) is 1.76. The van der Waals surface area contributed by atoms with E-state index in [1.54, 1.807) is 25.5 Å². The van der Waals surface area contributed by atoms with Crippen molar-refractivity contribution in [2.75, 3.05) is 7.11 Å². The Morgan fingerprint density at radius 2 is 2.16 bits per heavy atom. The van der Waals surface area contributed by atoms with Gasteiger partial charge in [-0.25, -0.2) is 0 Å². The van der Waals surface area contributed by atoms with Gasteiger partial charge in [-0.2, -0.15) is 0 Å². The number of carbonyl (C=O) groups is 1. The van der Waals surface area contributed by atoms with Gasteiger partial charge in [-0.1, -0.05) is 0 Å². The molecule has 102 valence electrons. The molecule has 4 heteroatoms. The van der Waals surface area contributed by atoms with Gasteiger partial charge in [0.2, 0.25) is 5.91 Å². The van der Waals surface area contributed by atoms with Gasteiger partial charge in [-0.05, 0) is 43.9 Å². The summed E-state index contributed by atoms with van der Waals surface area (Å²) in [6.07, 6.45) is 9.42. The summed E-state index contributed by atoms with van der Waals surface area (Å²) in [4.78, 5) is 14.3. The highest BCUT2D eigenvalue weighted by atomic mass is 16.5. The van der Waals surface area contributed by atoms with Crippen molar-refractivity contribution in [1.29, 1.82) is 0 Å². The van der Waals surface area contributed by atoms with Gasteiger partial charge in [0.15, 0.2) is 0 Å². The van der Waals surface area contributed by atoms with Crippen LogP contribution in [0.15, 0.2) is 28.9 Å². The minimum atomic E-state index is 0.0958. The minimum Gasteiger partial charge on any atom is -0.465 e. The number of hydrogen-bond acceptors (Lipinski definition) is 3. The number of methoxy groups -OCH3 is 1. The lowest BCUT2D eigenvalue weighted by Crippen LogP contribution is -2.47. The molecule has 3 rings (SSSR count). The van der Waals surface area contributed by atoms with Crippen LogP contribution in [0.4, 0.5) is 0 Å². The Morgan fingerprint density at radius 3 is 2.74 bits per heavy atom. The first-order chi connectivity index (χ1) is 9.28. The quantitative estimate of drug-likeness (QED) is 0.785. The molecule has 2 unspecified atom stereocenters. The zero-order chi connectivity index (χ0) is 13.2. The van der Waals surface area contributed by atoms with Crippen LogP contribution in [0.5, 0.6) is 0 Å². The van der Waals surface area contributed by atoms with E-state index < -0.39 is 0 Å². The van der Waals surface area contributed by atoms with E-state index >= 15 is 0 Å². The number of carbonyl (C=O) groups excluding carboxylic acids is 1. The van der Waals surface area contributed by atoms with Crippen LogP contribution in [0.25, 0.3) is 6.08 Å². The Hall–Kier alpha value is -1.55. The van der Waals surface area contributed by atoms with Crippen LogP contribution < -0.4 is 0 Å². The molecule has 0 aromatic carbocycles. The Bertz CT molecular complexity index is 452. The second-order valence-corrected chi connectivity index (χ2v) is 5.31. The summed E-state index contributed by atoms with van der Waals surface area (Å²) in [5.41, 5.74) is 0. The summed E-state index contributed by atoms with van der Waals surface area (Å²) < 4.78 is 10.6. The van der Waals surface area contributed by atoms with Crippen molar-refractivity contribution in [1.82, 2.24) is 4.90 Å². The van der Waals surface area contributed by atoms with Gasteiger partial charge >= 0.3 is 0 Å². The van der Waals surface area contributed by atoms with Crippen molar-refractivity contribution in [3.8, 4) is 0 Å². The number of nitrogens with zero attached hydrogens (tertiary/aromatic N) is 1. The van der Waals surface area contributed by atoms with Crippen LogP contribution in [-0.2, 0) is 9.53 Å². The molecule has 2 atom stereocenters. The lowest BCUT2D eigenvalue weighted by atomic mass is 9.99. The van der Waals surface area contributed by atoms with Crippen LogP contribution in [0, 0.1) is 0 Å². The summed E-state index contributed by atoms with van der Waals surface area (Å²) in [6.45, 7) is 0. The number of rotatable bonds is 3. The van der Waals surface area contributed by atoms with Crippen molar-refractivity contribution >= 4 is 12.0 Å². The third-order valence-corrected chi connectivity index (χ3v) is 4.21. The van der Waals surface area contributed by atoms with E-state index in [0.717, 1.165) is 25.7 Å². The van der Waals surface area contributed by atoms with Gasteiger partial charge in [0.1, 0.15) is 5.76 Å². The lowest BCUT2D eigenvalue weighted by Gasteiger charge is -2.37. The SMILES string of the molecule is COC1CC2CCC(C1)N2C(=O)/C=C/c1ccco1. The molecule has 2 aliphatic rings. The van der Waals surface area contributed by atoms with Crippen LogP contribution >= 0.6 is 0 Å².